The van der Waals surface area contributed by atoms with E-state index in [1.807, 2.05) is 0 Å². The first-order valence-electron chi connectivity index (χ1n) is 7.24. The summed E-state index contributed by atoms with van der Waals surface area (Å²) in [6.07, 6.45) is 5.38. The molecule has 0 bridgehead atoms. The fourth-order valence-electron chi connectivity index (χ4n) is 3.65. The number of carboxylic acids is 1. The van der Waals surface area contributed by atoms with E-state index in [1.165, 1.54) is 12.8 Å². The maximum Gasteiger partial charge on any atom is 0.309 e. The van der Waals surface area contributed by atoms with E-state index in [0.717, 1.165) is 18.8 Å². The molecule has 3 nitrogen and oxygen atoms in total. The summed E-state index contributed by atoms with van der Waals surface area (Å²) in [7, 11) is 0. The van der Waals surface area contributed by atoms with Crippen molar-refractivity contribution in [2.75, 3.05) is 6.61 Å². The molecule has 0 amide bonds. The van der Waals surface area contributed by atoms with E-state index < -0.39 is 5.97 Å². The van der Waals surface area contributed by atoms with Crippen molar-refractivity contribution in [3.63, 3.8) is 0 Å². The van der Waals surface area contributed by atoms with Crippen molar-refractivity contribution in [2.24, 2.45) is 23.2 Å². The number of hydrogen-bond acceptors (Lipinski definition) is 2. The van der Waals surface area contributed by atoms with Gasteiger partial charge in [0.25, 0.3) is 0 Å². The number of hydrogen-bond donors (Lipinski definition) is 1. The van der Waals surface area contributed by atoms with Gasteiger partial charge in [0.2, 0.25) is 0 Å². The molecule has 1 aliphatic heterocycles. The summed E-state index contributed by atoms with van der Waals surface area (Å²) < 4.78 is 5.71. The van der Waals surface area contributed by atoms with Crippen molar-refractivity contribution in [2.45, 2.75) is 59.0 Å². The van der Waals surface area contributed by atoms with Crippen LogP contribution in [0.5, 0.6) is 0 Å². The van der Waals surface area contributed by atoms with Crippen molar-refractivity contribution in [3.8, 4) is 0 Å². The lowest BCUT2D eigenvalue weighted by Crippen LogP contribution is -2.35. The summed E-state index contributed by atoms with van der Waals surface area (Å²) in [6, 6.07) is 0. The van der Waals surface area contributed by atoms with Gasteiger partial charge in [-0.05, 0) is 49.4 Å². The summed E-state index contributed by atoms with van der Waals surface area (Å²) in [6.45, 7) is 7.55. The van der Waals surface area contributed by atoms with Crippen LogP contribution in [0.2, 0.25) is 0 Å². The van der Waals surface area contributed by atoms with Crippen LogP contribution < -0.4 is 0 Å². The Balaban J connectivity index is 1.91. The Kier molecular flexibility index (Phi) is 4.00. The van der Waals surface area contributed by atoms with Gasteiger partial charge in [0.15, 0.2) is 0 Å². The van der Waals surface area contributed by atoms with Crippen LogP contribution in [0.15, 0.2) is 0 Å². The third-order valence-electron chi connectivity index (χ3n) is 4.91. The van der Waals surface area contributed by atoms with E-state index in [9.17, 15) is 9.90 Å². The van der Waals surface area contributed by atoms with Crippen molar-refractivity contribution < 1.29 is 14.6 Å². The topological polar surface area (TPSA) is 46.5 Å². The molecule has 2 atom stereocenters. The molecule has 18 heavy (non-hydrogen) atoms. The van der Waals surface area contributed by atoms with E-state index in [0.29, 0.717) is 24.4 Å². The normalized spacial score (nSPS) is 37.7. The van der Waals surface area contributed by atoms with Gasteiger partial charge in [0.1, 0.15) is 0 Å². The predicted molar refractivity (Wildman–Crippen MR) is 70.4 cm³/mol. The zero-order chi connectivity index (χ0) is 13.3. The van der Waals surface area contributed by atoms with Crippen molar-refractivity contribution in [3.05, 3.63) is 0 Å². The summed E-state index contributed by atoms with van der Waals surface area (Å²) >= 11 is 0. The smallest absolute Gasteiger partial charge is 0.309 e. The molecule has 1 aliphatic carbocycles. The molecule has 1 saturated heterocycles. The fourth-order valence-corrected chi connectivity index (χ4v) is 3.65. The summed E-state index contributed by atoms with van der Waals surface area (Å²) in [5, 5.41) is 9.22. The van der Waals surface area contributed by atoms with Gasteiger partial charge in [-0.3, -0.25) is 4.79 Å². The molecule has 1 heterocycles. The highest BCUT2D eigenvalue weighted by molar-refractivity contribution is 5.71. The molecule has 0 aromatic heterocycles. The predicted octanol–water partition coefficient (Wildman–Crippen LogP) is 3.33. The van der Waals surface area contributed by atoms with Crippen molar-refractivity contribution in [1.29, 1.82) is 0 Å². The number of carbonyl (C=O) groups is 1. The highest BCUT2D eigenvalue weighted by Gasteiger charge is 2.41. The van der Waals surface area contributed by atoms with Gasteiger partial charge in [0.05, 0.1) is 12.0 Å². The highest BCUT2D eigenvalue weighted by atomic mass is 16.5. The minimum atomic E-state index is -0.671. The monoisotopic (exact) mass is 254 g/mol. The summed E-state index contributed by atoms with van der Waals surface area (Å²) in [5.41, 5.74) is 0.383. The van der Waals surface area contributed by atoms with Crippen molar-refractivity contribution in [1.82, 2.24) is 0 Å². The van der Waals surface area contributed by atoms with E-state index in [4.69, 9.17) is 4.74 Å². The largest absolute Gasteiger partial charge is 0.481 e. The number of ether oxygens (including phenoxy) is 1. The van der Waals surface area contributed by atoms with Gasteiger partial charge in [-0.2, -0.15) is 0 Å². The molecule has 2 aliphatic rings. The molecular formula is C15H26O3. The van der Waals surface area contributed by atoms with E-state index >= 15 is 0 Å². The maximum atomic E-state index is 11.2. The molecule has 2 fully saturated rings. The van der Waals surface area contributed by atoms with Gasteiger partial charge < -0.3 is 9.84 Å². The Morgan fingerprint density at radius 2 is 1.72 bits per heavy atom. The van der Waals surface area contributed by atoms with Gasteiger partial charge >= 0.3 is 5.97 Å². The van der Waals surface area contributed by atoms with Crippen LogP contribution in [0.1, 0.15) is 52.9 Å². The number of rotatable bonds is 2. The van der Waals surface area contributed by atoms with Crippen LogP contribution in [0.25, 0.3) is 0 Å². The second-order valence-corrected chi connectivity index (χ2v) is 7.05. The van der Waals surface area contributed by atoms with Crippen LogP contribution in [0.3, 0.4) is 0 Å². The van der Waals surface area contributed by atoms with Gasteiger partial charge in [-0.25, -0.2) is 0 Å². The Hall–Kier alpha value is -0.570. The number of aliphatic carboxylic acids is 1. The molecule has 3 heteroatoms. The van der Waals surface area contributed by atoms with Gasteiger partial charge in [-0.1, -0.05) is 20.8 Å². The van der Waals surface area contributed by atoms with Crippen LogP contribution in [0, 0.1) is 23.2 Å². The molecule has 104 valence electrons. The second kappa shape index (κ2) is 5.20. The first-order valence-corrected chi connectivity index (χ1v) is 7.24. The lowest BCUT2D eigenvalue weighted by Gasteiger charge is -2.39. The molecule has 0 aromatic rings. The second-order valence-electron chi connectivity index (χ2n) is 7.05. The standard InChI is InChI=1S/C15H26O3/c1-15(2,3)11-6-4-10(5-7-11)13-12(14(16)17)8-9-18-13/h10-13H,4-9H2,1-3H3,(H,16,17). The van der Waals surface area contributed by atoms with E-state index in [-0.39, 0.29) is 12.0 Å². The lowest BCUT2D eigenvalue weighted by atomic mass is 9.68. The van der Waals surface area contributed by atoms with Crippen LogP contribution in [-0.2, 0) is 9.53 Å². The summed E-state index contributed by atoms with van der Waals surface area (Å²) in [4.78, 5) is 11.2. The quantitative estimate of drug-likeness (QED) is 0.822. The third kappa shape index (κ3) is 2.87. The van der Waals surface area contributed by atoms with Crippen LogP contribution in [0.4, 0.5) is 0 Å². The fraction of sp³-hybridized carbons (Fsp3) is 0.933. The minimum Gasteiger partial charge on any atom is -0.481 e. The zero-order valence-electron chi connectivity index (χ0n) is 11.8. The molecular weight excluding hydrogens is 228 g/mol. The number of carboxylic acid groups (broad SMARTS) is 1. The van der Waals surface area contributed by atoms with Crippen molar-refractivity contribution >= 4 is 5.97 Å². The minimum absolute atomic E-state index is 0.0246. The van der Waals surface area contributed by atoms with Crippen LogP contribution in [-0.4, -0.2) is 23.8 Å². The molecule has 0 radical (unpaired) electrons. The van der Waals surface area contributed by atoms with E-state index in [1.54, 1.807) is 0 Å². The Morgan fingerprint density at radius 3 is 2.22 bits per heavy atom. The van der Waals surface area contributed by atoms with Gasteiger partial charge in [-0.15, -0.1) is 0 Å². The first-order chi connectivity index (χ1) is 8.39. The third-order valence-corrected chi connectivity index (χ3v) is 4.91. The molecule has 1 N–H and O–H groups in total. The average Bonchev–Trinajstić information content (AvgIpc) is 2.77. The molecule has 0 aromatic carbocycles. The highest BCUT2D eigenvalue weighted by Crippen LogP contribution is 2.43. The molecule has 0 spiro atoms. The Morgan fingerprint density at radius 1 is 1.11 bits per heavy atom. The van der Waals surface area contributed by atoms with E-state index in [2.05, 4.69) is 20.8 Å². The summed E-state index contributed by atoms with van der Waals surface area (Å²) in [5.74, 6) is 0.308. The SMILES string of the molecule is CC(C)(C)C1CCC(C2OCCC2C(=O)O)CC1. The maximum absolute atomic E-state index is 11.2. The molecule has 2 rings (SSSR count). The average molecular weight is 254 g/mol. The zero-order valence-corrected chi connectivity index (χ0v) is 11.8. The Bertz CT molecular complexity index is 297. The molecule has 2 unspecified atom stereocenters. The lowest BCUT2D eigenvalue weighted by molar-refractivity contribution is -0.145. The molecule has 1 saturated carbocycles. The first kappa shape index (κ1) is 13.9. The van der Waals surface area contributed by atoms with Gasteiger partial charge in [0, 0.05) is 6.61 Å². The Labute approximate surface area is 110 Å². The van der Waals surface area contributed by atoms with Crippen LogP contribution >= 0.6 is 0 Å².